The molecule has 112 valence electrons. The fraction of sp³-hybridized carbons (Fsp3) is 0.250. The second-order valence-corrected chi connectivity index (χ2v) is 5.20. The molecule has 0 unspecified atom stereocenters. The number of nitrogen functional groups attached to an aromatic ring is 1. The molecule has 22 heavy (non-hydrogen) atoms. The van der Waals surface area contributed by atoms with E-state index in [0.29, 0.717) is 32.4 Å². The molecule has 0 fully saturated rings. The Morgan fingerprint density at radius 1 is 1.09 bits per heavy atom. The predicted octanol–water partition coefficient (Wildman–Crippen LogP) is 5.13. The summed E-state index contributed by atoms with van der Waals surface area (Å²) in [5, 5.41) is 26.8. The van der Waals surface area contributed by atoms with Crippen molar-refractivity contribution in [1.29, 1.82) is 10.5 Å². The van der Waals surface area contributed by atoms with E-state index in [0.717, 1.165) is 5.56 Å². The first-order chi connectivity index (χ1) is 10.6. The molecule has 0 amide bonds. The molecule has 6 heteroatoms. The number of aryl methyl sites for hydroxylation is 1. The maximum absolute atomic E-state index is 9.13. The summed E-state index contributed by atoms with van der Waals surface area (Å²) in [5.74, 6) is 0. The maximum Gasteiger partial charge on any atom is 0.158 e. The van der Waals surface area contributed by atoms with Gasteiger partial charge in [-0.05, 0) is 43.2 Å². The molecule has 0 aliphatic rings. The molecule has 1 heterocycles. The van der Waals surface area contributed by atoms with Crippen molar-refractivity contribution in [2.24, 2.45) is 10.2 Å². The molecule has 1 aromatic heterocycles. The number of azo groups is 1. The summed E-state index contributed by atoms with van der Waals surface area (Å²) < 4.78 is 0. The van der Waals surface area contributed by atoms with Crippen LogP contribution < -0.4 is 5.73 Å². The number of nitriles is 2. The van der Waals surface area contributed by atoms with Crippen LogP contribution in [-0.4, -0.2) is 0 Å². The number of nitrogens with zero attached hydrogens (tertiary/aromatic N) is 4. The molecule has 2 rings (SSSR count). The van der Waals surface area contributed by atoms with E-state index >= 15 is 0 Å². The average molecular weight is 311 g/mol. The molecule has 1 aromatic carbocycles. The van der Waals surface area contributed by atoms with Crippen LogP contribution in [0.2, 0.25) is 0 Å². The minimum Gasteiger partial charge on any atom is -0.399 e. The van der Waals surface area contributed by atoms with Gasteiger partial charge in [0, 0.05) is 5.69 Å². The van der Waals surface area contributed by atoms with Crippen molar-refractivity contribution >= 4 is 27.7 Å². The second-order valence-electron chi connectivity index (χ2n) is 4.21. The highest BCUT2D eigenvalue weighted by Gasteiger charge is 2.14. The zero-order chi connectivity index (χ0) is 16.7. The molecule has 2 N–H and O–H groups in total. The summed E-state index contributed by atoms with van der Waals surface area (Å²) in [4.78, 5) is 0.490. The summed E-state index contributed by atoms with van der Waals surface area (Å²) in [6.45, 7) is 7.62. The van der Waals surface area contributed by atoms with Crippen LogP contribution in [0.15, 0.2) is 28.4 Å². The van der Waals surface area contributed by atoms with Gasteiger partial charge in [-0.2, -0.15) is 10.5 Å². The van der Waals surface area contributed by atoms with Crippen molar-refractivity contribution in [3.63, 3.8) is 0 Å². The number of benzene rings is 1. The predicted molar refractivity (Wildman–Crippen MR) is 89.6 cm³/mol. The van der Waals surface area contributed by atoms with Gasteiger partial charge in [0.15, 0.2) is 5.00 Å². The smallest absolute Gasteiger partial charge is 0.158 e. The maximum atomic E-state index is 9.13. The van der Waals surface area contributed by atoms with Gasteiger partial charge >= 0.3 is 0 Å². The minimum atomic E-state index is 0.406. The Labute approximate surface area is 134 Å². The third-order valence-electron chi connectivity index (χ3n) is 2.81. The summed E-state index contributed by atoms with van der Waals surface area (Å²) in [6, 6.07) is 9.44. The van der Waals surface area contributed by atoms with Crippen molar-refractivity contribution in [1.82, 2.24) is 0 Å². The van der Waals surface area contributed by atoms with E-state index in [1.165, 1.54) is 11.3 Å². The monoisotopic (exact) mass is 311 g/mol. The van der Waals surface area contributed by atoms with Gasteiger partial charge in [0.2, 0.25) is 0 Å². The third kappa shape index (κ3) is 3.69. The Balaban J connectivity index is 0.00000116. The van der Waals surface area contributed by atoms with E-state index in [4.69, 9.17) is 16.3 Å². The first kappa shape index (κ1) is 17.4. The fourth-order valence-corrected chi connectivity index (χ4v) is 2.57. The van der Waals surface area contributed by atoms with Crippen LogP contribution in [0, 0.1) is 36.5 Å². The van der Waals surface area contributed by atoms with Gasteiger partial charge in [-0.25, -0.2) is 0 Å². The molecule has 0 atom stereocenters. The number of hydrogen-bond donors (Lipinski definition) is 1. The molecule has 0 radical (unpaired) electrons. The molecule has 0 spiro atoms. The Kier molecular flexibility index (Phi) is 6.25. The Hall–Kier alpha value is -2.70. The lowest BCUT2D eigenvalue weighted by molar-refractivity contribution is 1.22. The molecule has 5 nitrogen and oxygen atoms in total. The van der Waals surface area contributed by atoms with Gasteiger partial charge in [-0.15, -0.1) is 21.6 Å². The van der Waals surface area contributed by atoms with Crippen LogP contribution in [-0.2, 0) is 0 Å². The lowest BCUT2D eigenvalue weighted by Gasteiger charge is -1.99. The summed E-state index contributed by atoms with van der Waals surface area (Å²) in [7, 11) is 0. The highest BCUT2D eigenvalue weighted by Crippen LogP contribution is 2.35. The second kappa shape index (κ2) is 7.92. The highest BCUT2D eigenvalue weighted by molar-refractivity contribution is 7.16. The van der Waals surface area contributed by atoms with Gasteiger partial charge < -0.3 is 5.73 Å². The van der Waals surface area contributed by atoms with Crippen LogP contribution in [0.3, 0.4) is 0 Å². The largest absolute Gasteiger partial charge is 0.399 e. The van der Waals surface area contributed by atoms with Gasteiger partial charge in [-0.3, -0.25) is 0 Å². The third-order valence-corrected chi connectivity index (χ3v) is 3.89. The number of hydrogen-bond acceptors (Lipinski definition) is 6. The standard InChI is InChI=1S/C14H11N5S.C2H6/c1-8-5-10(17)3-4-12(8)18-19-14-11(6-15)9(2)13(7-16)20-14;1-2/h3-5H,17H2,1-2H3;1-2H3. The van der Waals surface area contributed by atoms with E-state index in [1.54, 1.807) is 25.1 Å². The summed E-state index contributed by atoms with van der Waals surface area (Å²) >= 11 is 1.17. The zero-order valence-electron chi connectivity index (χ0n) is 13.0. The zero-order valence-corrected chi connectivity index (χ0v) is 13.8. The van der Waals surface area contributed by atoms with Crippen LogP contribution in [0.25, 0.3) is 0 Å². The normalized spacial score (nSPS) is 9.73. The topological polar surface area (TPSA) is 98.3 Å². The van der Waals surface area contributed by atoms with Crippen LogP contribution in [0.5, 0.6) is 0 Å². The minimum absolute atomic E-state index is 0.406. The van der Waals surface area contributed by atoms with Gasteiger partial charge in [0.1, 0.15) is 17.0 Å². The first-order valence-corrected chi connectivity index (χ1v) is 7.60. The van der Waals surface area contributed by atoms with Crippen molar-refractivity contribution in [3.05, 3.63) is 39.8 Å². The number of thiophene rings is 1. The van der Waals surface area contributed by atoms with E-state index in [2.05, 4.69) is 22.4 Å². The van der Waals surface area contributed by atoms with E-state index in [-0.39, 0.29) is 0 Å². The van der Waals surface area contributed by atoms with E-state index in [9.17, 15) is 0 Å². The van der Waals surface area contributed by atoms with E-state index in [1.807, 2.05) is 20.8 Å². The van der Waals surface area contributed by atoms with Crippen molar-refractivity contribution in [3.8, 4) is 12.1 Å². The summed E-state index contributed by atoms with van der Waals surface area (Å²) in [6.07, 6.45) is 0. The summed E-state index contributed by atoms with van der Waals surface area (Å²) in [5.41, 5.74) is 8.99. The van der Waals surface area contributed by atoms with Crippen LogP contribution in [0.1, 0.15) is 35.4 Å². The van der Waals surface area contributed by atoms with Crippen molar-refractivity contribution < 1.29 is 0 Å². The van der Waals surface area contributed by atoms with Crippen molar-refractivity contribution in [2.45, 2.75) is 27.7 Å². The number of nitrogens with two attached hydrogens (primary N) is 1. The molecule has 0 aliphatic heterocycles. The Bertz CT molecular complexity index is 775. The van der Waals surface area contributed by atoms with E-state index < -0.39 is 0 Å². The number of rotatable bonds is 2. The molecular weight excluding hydrogens is 294 g/mol. The van der Waals surface area contributed by atoms with Crippen molar-refractivity contribution in [2.75, 3.05) is 5.73 Å². The van der Waals surface area contributed by atoms with Gasteiger partial charge in [0.05, 0.1) is 11.3 Å². The van der Waals surface area contributed by atoms with Gasteiger partial charge in [-0.1, -0.05) is 13.8 Å². The van der Waals surface area contributed by atoms with Gasteiger partial charge in [0.25, 0.3) is 0 Å². The lowest BCUT2D eigenvalue weighted by atomic mass is 10.2. The fourth-order valence-electron chi connectivity index (χ4n) is 1.70. The Morgan fingerprint density at radius 2 is 1.77 bits per heavy atom. The molecule has 0 aliphatic carbocycles. The molecule has 0 bridgehead atoms. The quantitative estimate of drug-likeness (QED) is 0.614. The van der Waals surface area contributed by atoms with Crippen LogP contribution >= 0.6 is 11.3 Å². The first-order valence-electron chi connectivity index (χ1n) is 6.78. The molecule has 2 aromatic rings. The highest BCUT2D eigenvalue weighted by atomic mass is 32.1. The molecular formula is C16H17N5S. The number of anilines is 1. The lowest BCUT2D eigenvalue weighted by Crippen LogP contribution is -1.84. The SMILES string of the molecule is CC.Cc1cc(N)ccc1N=Nc1sc(C#N)c(C)c1C#N. The molecule has 0 saturated carbocycles. The van der Waals surface area contributed by atoms with Crippen LogP contribution in [0.4, 0.5) is 16.4 Å². The molecule has 0 saturated heterocycles. The Morgan fingerprint density at radius 3 is 2.32 bits per heavy atom. The average Bonchev–Trinajstić information content (AvgIpc) is 2.83.